The average molecular weight is 211 g/mol. The summed E-state index contributed by atoms with van der Waals surface area (Å²) in [4.78, 5) is 23.7. The number of nitrogens with zero attached hydrogens (tertiary/aromatic N) is 1. The van der Waals surface area contributed by atoms with Crippen LogP contribution in [0, 0.1) is 5.92 Å². The first kappa shape index (κ1) is 10.5. The van der Waals surface area contributed by atoms with Crippen LogP contribution in [-0.4, -0.2) is 34.5 Å². The van der Waals surface area contributed by atoms with Crippen molar-refractivity contribution in [1.82, 2.24) is 4.90 Å². The van der Waals surface area contributed by atoms with Crippen molar-refractivity contribution in [2.45, 2.75) is 44.6 Å². The lowest BCUT2D eigenvalue weighted by molar-refractivity contribution is -0.156. The molecule has 1 atom stereocenters. The van der Waals surface area contributed by atoms with Crippen molar-refractivity contribution < 1.29 is 14.7 Å². The van der Waals surface area contributed by atoms with E-state index in [9.17, 15) is 9.59 Å². The van der Waals surface area contributed by atoms with E-state index in [0.29, 0.717) is 12.5 Å². The molecule has 15 heavy (non-hydrogen) atoms. The number of rotatable bonds is 1. The molecule has 0 spiro atoms. The minimum Gasteiger partial charge on any atom is -0.474 e. The summed E-state index contributed by atoms with van der Waals surface area (Å²) in [6.45, 7) is 0.631. The lowest BCUT2D eigenvalue weighted by Gasteiger charge is -2.27. The van der Waals surface area contributed by atoms with E-state index in [-0.39, 0.29) is 6.04 Å². The van der Waals surface area contributed by atoms with Crippen molar-refractivity contribution in [2.24, 2.45) is 5.92 Å². The standard InChI is InChI=1S/C11H17NO3/c13-10(11(14)15)12-7-3-6-9(12)8-4-1-2-5-8/h8-9H,1-7H2,(H,14,15). The summed E-state index contributed by atoms with van der Waals surface area (Å²) in [6.07, 6.45) is 6.73. The number of amides is 1. The van der Waals surface area contributed by atoms with Crippen molar-refractivity contribution >= 4 is 11.9 Å². The number of hydrogen-bond donors (Lipinski definition) is 1. The number of aliphatic carboxylic acids is 1. The Morgan fingerprint density at radius 1 is 1.07 bits per heavy atom. The number of likely N-dealkylation sites (tertiary alicyclic amines) is 1. The molecule has 1 saturated carbocycles. The Hall–Kier alpha value is -1.06. The number of carbonyl (C=O) groups is 2. The summed E-state index contributed by atoms with van der Waals surface area (Å²) in [7, 11) is 0. The van der Waals surface area contributed by atoms with E-state index in [4.69, 9.17) is 5.11 Å². The topological polar surface area (TPSA) is 57.6 Å². The molecule has 0 bridgehead atoms. The highest BCUT2D eigenvalue weighted by Gasteiger charge is 2.37. The average Bonchev–Trinajstić information content (AvgIpc) is 2.86. The van der Waals surface area contributed by atoms with Crippen molar-refractivity contribution in [2.75, 3.05) is 6.54 Å². The molecule has 2 fully saturated rings. The third-order valence-electron chi connectivity index (χ3n) is 3.69. The van der Waals surface area contributed by atoms with Gasteiger partial charge in [0, 0.05) is 12.6 Å². The lowest BCUT2D eigenvalue weighted by Crippen LogP contribution is -2.42. The van der Waals surface area contributed by atoms with Gasteiger partial charge in [0.2, 0.25) is 0 Å². The molecule has 1 saturated heterocycles. The first-order chi connectivity index (χ1) is 7.20. The SMILES string of the molecule is O=C(O)C(=O)N1CCCC1C1CCCC1. The normalized spacial score (nSPS) is 27.2. The Balaban J connectivity index is 2.04. The van der Waals surface area contributed by atoms with E-state index >= 15 is 0 Å². The molecule has 0 aromatic heterocycles. The van der Waals surface area contributed by atoms with E-state index in [1.165, 1.54) is 12.8 Å². The molecular weight excluding hydrogens is 194 g/mol. The predicted molar refractivity (Wildman–Crippen MR) is 54.3 cm³/mol. The van der Waals surface area contributed by atoms with Gasteiger partial charge in [0.15, 0.2) is 0 Å². The van der Waals surface area contributed by atoms with E-state index in [1.807, 2.05) is 0 Å². The van der Waals surface area contributed by atoms with Gasteiger partial charge in [-0.3, -0.25) is 4.79 Å². The minimum absolute atomic E-state index is 0.205. The molecule has 0 radical (unpaired) electrons. The maximum absolute atomic E-state index is 11.4. The molecule has 4 heteroatoms. The Labute approximate surface area is 89.3 Å². The van der Waals surface area contributed by atoms with E-state index < -0.39 is 11.9 Å². The summed E-state index contributed by atoms with van der Waals surface area (Å²) in [5, 5.41) is 8.71. The lowest BCUT2D eigenvalue weighted by atomic mass is 9.96. The summed E-state index contributed by atoms with van der Waals surface area (Å²) < 4.78 is 0. The number of hydrogen-bond acceptors (Lipinski definition) is 2. The van der Waals surface area contributed by atoms with Crippen LogP contribution in [0.15, 0.2) is 0 Å². The Kier molecular flexibility index (Phi) is 2.93. The smallest absolute Gasteiger partial charge is 0.394 e. The predicted octanol–water partition coefficient (Wildman–Crippen LogP) is 1.25. The van der Waals surface area contributed by atoms with E-state index in [0.717, 1.165) is 25.7 Å². The van der Waals surface area contributed by atoms with Crippen LogP contribution in [0.5, 0.6) is 0 Å². The Morgan fingerprint density at radius 3 is 2.33 bits per heavy atom. The zero-order valence-electron chi connectivity index (χ0n) is 8.82. The van der Waals surface area contributed by atoms with Crippen LogP contribution in [0.25, 0.3) is 0 Å². The first-order valence-corrected chi connectivity index (χ1v) is 5.74. The highest BCUT2D eigenvalue weighted by atomic mass is 16.4. The van der Waals surface area contributed by atoms with Crippen LogP contribution < -0.4 is 0 Å². The summed E-state index contributed by atoms with van der Waals surface area (Å²) >= 11 is 0. The number of carboxylic acid groups (broad SMARTS) is 1. The van der Waals surface area contributed by atoms with E-state index in [1.54, 1.807) is 4.90 Å². The van der Waals surface area contributed by atoms with Crippen LogP contribution in [-0.2, 0) is 9.59 Å². The minimum atomic E-state index is -1.31. The maximum Gasteiger partial charge on any atom is 0.394 e. The van der Waals surface area contributed by atoms with Gasteiger partial charge in [0.05, 0.1) is 0 Å². The van der Waals surface area contributed by atoms with Crippen molar-refractivity contribution in [3.63, 3.8) is 0 Å². The van der Waals surface area contributed by atoms with Crippen LogP contribution in [0.3, 0.4) is 0 Å². The largest absolute Gasteiger partial charge is 0.474 e. The van der Waals surface area contributed by atoms with Gasteiger partial charge in [-0.2, -0.15) is 0 Å². The van der Waals surface area contributed by atoms with Crippen molar-refractivity contribution in [3.8, 4) is 0 Å². The van der Waals surface area contributed by atoms with Gasteiger partial charge < -0.3 is 10.0 Å². The zero-order valence-corrected chi connectivity index (χ0v) is 8.82. The third kappa shape index (κ3) is 1.98. The van der Waals surface area contributed by atoms with Gasteiger partial charge in [-0.1, -0.05) is 12.8 Å². The Bertz CT molecular complexity index is 271. The monoisotopic (exact) mass is 211 g/mol. The van der Waals surface area contributed by atoms with Crippen LogP contribution in [0.1, 0.15) is 38.5 Å². The van der Waals surface area contributed by atoms with Crippen molar-refractivity contribution in [1.29, 1.82) is 0 Å². The summed E-state index contributed by atoms with van der Waals surface area (Å²) in [6, 6.07) is 0.205. The first-order valence-electron chi connectivity index (χ1n) is 5.74. The fourth-order valence-corrected chi connectivity index (χ4v) is 3.00. The van der Waals surface area contributed by atoms with Crippen molar-refractivity contribution in [3.05, 3.63) is 0 Å². The highest BCUT2D eigenvalue weighted by Crippen LogP contribution is 2.35. The zero-order chi connectivity index (χ0) is 10.8. The third-order valence-corrected chi connectivity index (χ3v) is 3.69. The molecule has 1 heterocycles. The molecule has 1 aliphatic carbocycles. The van der Waals surface area contributed by atoms with Crippen LogP contribution in [0.2, 0.25) is 0 Å². The highest BCUT2D eigenvalue weighted by molar-refractivity contribution is 6.31. The van der Waals surface area contributed by atoms with Gasteiger partial charge in [0.25, 0.3) is 0 Å². The van der Waals surface area contributed by atoms with Gasteiger partial charge >= 0.3 is 11.9 Å². The van der Waals surface area contributed by atoms with Crippen LogP contribution >= 0.6 is 0 Å². The van der Waals surface area contributed by atoms with Gasteiger partial charge in [-0.15, -0.1) is 0 Å². The fourth-order valence-electron chi connectivity index (χ4n) is 3.00. The number of carbonyl (C=O) groups excluding carboxylic acids is 1. The second kappa shape index (κ2) is 4.21. The molecule has 1 N–H and O–H groups in total. The molecule has 1 unspecified atom stereocenters. The maximum atomic E-state index is 11.4. The molecule has 0 aromatic rings. The van der Waals surface area contributed by atoms with Crippen LogP contribution in [0.4, 0.5) is 0 Å². The summed E-state index contributed by atoms with van der Waals surface area (Å²) in [5.74, 6) is -1.46. The molecule has 2 rings (SSSR count). The van der Waals surface area contributed by atoms with Gasteiger partial charge in [-0.05, 0) is 31.6 Å². The molecule has 4 nitrogen and oxygen atoms in total. The molecule has 1 aliphatic heterocycles. The molecular formula is C11H17NO3. The Morgan fingerprint density at radius 2 is 1.73 bits per heavy atom. The van der Waals surface area contributed by atoms with E-state index in [2.05, 4.69) is 0 Å². The molecule has 84 valence electrons. The molecule has 1 amide bonds. The van der Waals surface area contributed by atoms with Gasteiger partial charge in [-0.25, -0.2) is 4.79 Å². The molecule has 0 aromatic carbocycles. The second-order valence-electron chi connectivity index (χ2n) is 4.56. The quantitative estimate of drug-likeness (QED) is 0.664. The molecule has 2 aliphatic rings. The number of carboxylic acids is 1. The fraction of sp³-hybridized carbons (Fsp3) is 0.818. The summed E-state index contributed by atoms with van der Waals surface area (Å²) in [5.41, 5.74) is 0. The van der Waals surface area contributed by atoms with Gasteiger partial charge in [0.1, 0.15) is 0 Å². The second-order valence-corrected chi connectivity index (χ2v) is 4.56.